The number of hydrazone groups is 1. The average molecular weight is 424 g/mol. The molecule has 2 aromatic carbocycles. The molecule has 0 spiro atoms. The molecule has 0 bridgehead atoms. The Morgan fingerprint density at radius 3 is 2.47 bits per heavy atom. The zero-order valence-electron chi connectivity index (χ0n) is 15.7. The summed E-state index contributed by atoms with van der Waals surface area (Å²) in [6, 6.07) is 16.2. The van der Waals surface area contributed by atoms with Gasteiger partial charge in [0, 0.05) is 23.4 Å². The number of thiocarbonyl (C=S) groups is 1. The first-order chi connectivity index (χ1) is 14.5. The Hall–Kier alpha value is -4.05. The van der Waals surface area contributed by atoms with Crippen molar-refractivity contribution in [1.82, 2.24) is 5.43 Å². The van der Waals surface area contributed by atoms with Gasteiger partial charge < -0.3 is 14.5 Å². The zero-order chi connectivity index (χ0) is 21.5. The molecule has 0 fully saturated rings. The van der Waals surface area contributed by atoms with Crippen molar-refractivity contribution in [2.75, 3.05) is 12.4 Å². The maximum atomic E-state index is 11.5. The number of nitro benzene ring substituents is 1. The second kappa shape index (κ2) is 9.43. The molecule has 152 valence electrons. The lowest BCUT2D eigenvalue weighted by Crippen LogP contribution is -2.23. The van der Waals surface area contributed by atoms with Crippen molar-refractivity contribution < 1.29 is 18.9 Å². The highest BCUT2D eigenvalue weighted by Gasteiger charge is 2.08. The lowest BCUT2D eigenvalue weighted by atomic mass is 10.1. The maximum absolute atomic E-state index is 11.5. The lowest BCUT2D eigenvalue weighted by Gasteiger charge is -2.06. The minimum absolute atomic E-state index is 0.00833. The van der Waals surface area contributed by atoms with Crippen LogP contribution in [0, 0.1) is 10.1 Å². The summed E-state index contributed by atoms with van der Waals surface area (Å²) in [5, 5.41) is 17.7. The number of nitrogens with zero attached hydrogens (tertiary/aromatic N) is 2. The minimum Gasteiger partial charge on any atom is -0.465 e. The molecule has 3 rings (SSSR count). The number of furan rings is 1. The molecule has 3 aromatic rings. The van der Waals surface area contributed by atoms with Crippen molar-refractivity contribution in [3.63, 3.8) is 0 Å². The van der Waals surface area contributed by atoms with Crippen molar-refractivity contribution in [1.29, 1.82) is 0 Å². The summed E-state index contributed by atoms with van der Waals surface area (Å²) >= 11 is 5.12. The molecule has 2 N–H and O–H groups in total. The Morgan fingerprint density at radius 2 is 1.83 bits per heavy atom. The molecule has 0 saturated heterocycles. The molecular formula is C20H16N4O5S. The third-order valence-corrected chi connectivity index (χ3v) is 4.10. The van der Waals surface area contributed by atoms with Gasteiger partial charge in [-0.25, -0.2) is 4.79 Å². The number of carbonyl (C=O) groups is 1. The number of nitro groups is 1. The lowest BCUT2D eigenvalue weighted by molar-refractivity contribution is -0.384. The molecule has 0 aliphatic rings. The van der Waals surface area contributed by atoms with Crippen molar-refractivity contribution in [3.8, 4) is 11.3 Å². The molecule has 30 heavy (non-hydrogen) atoms. The number of esters is 1. The Kier molecular flexibility index (Phi) is 6.50. The number of non-ortho nitro benzene ring substituents is 1. The highest BCUT2D eigenvalue weighted by Crippen LogP contribution is 2.22. The van der Waals surface area contributed by atoms with Crippen LogP contribution in [-0.2, 0) is 4.74 Å². The van der Waals surface area contributed by atoms with E-state index in [1.165, 1.54) is 25.5 Å². The molecule has 1 heterocycles. The Morgan fingerprint density at radius 1 is 1.13 bits per heavy atom. The normalized spacial score (nSPS) is 10.6. The van der Waals surface area contributed by atoms with Gasteiger partial charge >= 0.3 is 5.97 Å². The number of hydrogen-bond acceptors (Lipinski definition) is 7. The number of benzene rings is 2. The minimum atomic E-state index is -0.476. The topological polar surface area (TPSA) is 119 Å². The SMILES string of the molecule is COC(=O)c1ccc(-c2ccc(/C=N/NC(=S)Nc3ccc([N+](=O)[O-])cc3)o2)cc1. The second-order valence-corrected chi connectivity index (χ2v) is 6.31. The van der Waals surface area contributed by atoms with E-state index in [2.05, 4.69) is 20.6 Å². The number of anilines is 1. The molecule has 0 radical (unpaired) electrons. The van der Waals surface area contributed by atoms with E-state index in [0.29, 0.717) is 22.8 Å². The zero-order valence-corrected chi connectivity index (χ0v) is 16.5. The molecule has 0 aliphatic carbocycles. The molecule has 0 aliphatic heterocycles. The largest absolute Gasteiger partial charge is 0.465 e. The van der Waals surface area contributed by atoms with Crippen LogP contribution in [0.25, 0.3) is 11.3 Å². The summed E-state index contributed by atoms with van der Waals surface area (Å²) in [5.41, 5.74) is 4.46. The predicted octanol–water partition coefficient (Wildman–Crippen LogP) is 3.96. The van der Waals surface area contributed by atoms with Crippen LogP contribution in [0.15, 0.2) is 70.2 Å². The number of rotatable bonds is 6. The standard InChI is InChI=1S/C20H16N4O5S/c1-28-19(25)14-4-2-13(3-5-14)18-11-10-17(29-18)12-21-23-20(30)22-15-6-8-16(9-7-15)24(26)27/h2-12H,1H3,(H2,22,23,30)/b21-12+. The molecule has 1 aromatic heterocycles. The van der Waals surface area contributed by atoms with Gasteiger partial charge in [0.15, 0.2) is 5.11 Å². The molecule has 9 nitrogen and oxygen atoms in total. The summed E-state index contributed by atoms with van der Waals surface area (Å²) < 4.78 is 10.4. The highest BCUT2D eigenvalue weighted by molar-refractivity contribution is 7.80. The van der Waals surface area contributed by atoms with Crippen LogP contribution in [0.5, 0.6) is 0 Å². The smallest absolute Gasteiger partial charge is 0.337 e. The number of hydrogen-bond donors (Lipinski definition) is 2. The molecule has 10 heteroatoms. The first-order valence-electron chi connectivity index (χ1n) is 8.59. The monoisotopic (exact) mass is 424 g/mol. The Bertz CT molecular complexity index is 1090. The fourth-order valence-electron chi connectivity index (χ4n) is 2.45. The number of methoxy groups -OCH3 is 1. The van der Waals surface area contributed by atoms with E-state index in [0.717, 1.165) is 5.56 Å². The van der Waals surface area contributed by atoms with Crippen LogP contribution in [0.2, 0.25) is 0 Å². The van der Waals surface area contributed by atoms with Crippen molar-refractivity contribution in [3.05, 3.63) is 82.1 Å². The highest BCUT2D eigenvalue weighted by atomic mass is 32.1. The molecule has 0 atom stereocenters. The van der Waals surface area contributed by atoms with Crippen molar-refractivity contribution >= 4 is 40.9 Å². The molecule has 0 amide bonds. The summed E-state index contributed by atoms with van der Waals surface area (Å²) in [6.45, 7) is 0. The molecule has 0 unspecified atom stereocenters. The van der Waals surface area contributed by atoms with Crippen molar-refractivity contribution in [2.45, 2.75) is 0 Å². The van der Waals surface area contributed by atoms with E-state index in [9.17, 15) is 14.9 Å². The van der Waals surface area contributed by atoms with Crippen LogP contribution in [0.1, 0.15) is 16.1 Å². The Balaban J connectivity index is 1.55. The van der Waals surface area contributed by atoms with E-state index >= 15 is 0 Å². The van der Waals surface area contributed by atoms with Gasteiger partial charge in [-0.15, -0.1) is 0 Å². The van der Waals surface area contributed by atoms with Crippen LogP contribution >= 0.6 is 12.2 Å². The van der Waals surface area contributed by atoms with E-state index in [4.69, 9.17) is 16.6 Å². The number of ether oxygens (including phenoxy) is 1. The first kappa shape index (κ1) is 20.7. The van der Waals surface area contributed by atoms with Gasteiger partial charge in [0.05, 0.1) is 23.8 Å². The fraction of sp³-hybridized carbons (Fsp3) is 0.0500. The summed E-state index contributed by atoms with van der Waals surface area (Å²) in [7, 11) is 1.33. The van der Waals surface area contributed by atoms with E-state index < -0.39 is 10.9 Å². The quantitative estimate of drug-likeness (QED) is 0.201. The molecular weight excluding hydrogens is 408 g/mol. The van der Waals surface area contributed by atoms with Crippen LogP contribution in [0.4, 0.5) is 11.4 Å². The first-order valence-corrected chi connectivity index (χ1v) is 9.00. The van der Waals surface area contributed by atoms with Gasteiger partial charge in [0.2, 0.25) is 0 Å². The predicted molar refractivity (Wildman–Crippen MR) is 116 cm³/mol. The summed E-state index contributed by atoms with van der Waals surface area (Å²) in [6.07, 6.45) is 1.45. The van der Waals surface area contributed by atoms with E-state index in [1.54, 1.807) is 48.5 Å². The van der Waals surface area contributed by atoms with E-state index in [1.807, 2.05) is 0 Å². The van der Waals surface area contributed by atoms with Gasteiger partial charge in [-0.2, -0.15) is 5.10 Å². The third-order valence-electron chi connectivity index (χ3n) is 3.91. The average Bonchev–Trinajstić information content (AvgIpc) is 3.22. The van der Waals surface area contributed by atoms with Crippen LogP contribution < -0.4 is 10.7 Å². The van der Waals surface area contributed by atoms with Gasteiger partial charge in [-0.3, -0.25) is 15.5 Å². The number of nitrogens with one attached hydrogen (secondary N) is 2. The third kappa shape index (κ3) is 5.26. The Labute approximate surface area is 176 Å². The van der Waals surface area contributed by atoms with Crippen molar-refractivity contribution in [2.24, 2.45) is 5.10 Å². The maximum Gasteiger partial charge on any atom is 0.337 e. The number of carbonyl (C=O) groups excluding carboxylic acids is 1. The van der Waals surface area contributed by atoms with Gasteiger partial charge in [-0.1, -0.05) is 12.1 Å². The summed E-state index contributed by atoms with van der Waals surface area (Å²) in [4.78, 5) is 21.7. The van der Waals surface area contributed by atoms with Crippen LogP contribution in [0.3, 0.4) is 0 Å². The fourth-order valence-corrected chi connectivity index (χ4v) is 2.62. The van der Waals surface area contributed by atoms with Gasteiger partial charge in [0.1, 0.15) is 11.5 Å². The molecule has 0 saturated carbocycles. The second-order valence-electron chi connectivity index (χ2n) is 5.90. The van der Waals surface area contributed by atoms with E-state index in [-0.39, 0.29) is 10.8 Å². The van der Waals surface area contributed by atoms with Gasteiger partial charge in [0.25, 0.3) is 5.69 Å². The van der Waals surface area contributed by atoms with Crippen LogP contribution in [-0.4, -0.2) is 29.3 Å². The van der Waals surface area contributed by atoms with Gasteiger partial charge in [-0.05, 0) is 48.6 Å². The summed E-state index contributed by atoms with van der Waals surface area (Å²) in [5.74, 6) is 0.699.